The molecule has 2 aromatic rings. The number of hydrogen-bond acceptors (Lipinski definition) is 6. The highest BCUT2D eigenvalue weighted by molar-refractivity contribution is 6.09. The van der Waals surface area contributed by atoms with Gasteiger partial charge in [0.05, 0.1) is 25.0 Å². The lowest BCUT2D eigenvalue weighted by Crippen LogP contribution is -2.37. The highest BCUT2D eigenvalue weighted by atomic mass is 16.6. The number of allylic oxidation sites excluding steroid dienone is 1. The molecule has 0 unspecified atom stereocenters. The molecule has 1 aliphatic heterocycles. The lowest BCUT2D eigenvalue weighted by molar-refractivity contribution is -0.153. The fourth-order valence-electron chi connectivity index (χ4n) is 6.07. The van der Waals surface area contributed by atoms with Gasteiger partial charge in [0.1, 0.15) is 11.5 Å². The van der Waals surface area contributed by atoms with Crippen molar-refractivity contribution < 1.29 is 28.6 Å². The highest BCUT2D eigenvalue weighted by Gasteiger charge is 2.56. The van der Waals surface area contributed by atoms with Crippen molar-refractivity contribution in [1.29, 1.82) is 0 Å². The SMILES string of the molecule is CCCCOc1ccc([C@@H]2CC(=O)C3=C(C2)C[C@H](c2ccc(OCCCC)cc2)[C@H]2C(=O)OC(=O)[C@@H]32)cc1. The molecule has 1 saturated heterocycles. The lowest BCUT2D eigenvalue weighted by Gasteiger charge is -2.37. The van der Waals surface area contributed by atoms with Crippen LogP contribution < -0.4 is 9.47 Å². The number of ether oxygens (including phenoxy) is 3. The first-order valence-corrected chi connectivity index (χ1v) is 14.0. The van der Waals surface area contributed by atoms with Gasteiger partial charge in [-0.15, -0.1) is 0 Å². The van der Waals surface area contributed by atoms with E-state index in [2.05, 4.69) is 13.8 Å². The topological polar surface area (TPSA) is 78.9 Å². The summed E-state index contributed by atoms with van der Waals surface area (Å²) in [4.78, 5) is 39.1. The van der Waals surface area contributed by atoms with E-state index in [0.717, 1.165) is 53.9 Å². The average Bonchev–Trinajstić information content (AvgIpc) is 3.22. The van der Waals surface area contributed by atoms with Crippen molar-refractivity contribution in [2.75, 3.05) is 13.2 Å². The maximum atomic E-state index is 13.4. The van der Waals surface area contributed by atoms with Crippen LogP contribution in [0, 0.1) is 11.8 Å². The molecule has 2 aliphatic carbocycles. The monoisotopic (exact) mass is 516 g/mol. The molecule has 0 bridgehead atoms. The first-order chi connectivity index (χ1) is 18.5. The molecule has 0 amide bonds. The highest BCUT2D eigenvalue weighted by Crippen LogP contribution is 2.53. The number of fused-ring (bicyclic) bond motifs is 2. The second kappa shape index (κ2) is 11.5. The quantitative estimate of drug-likeness (QED) is 0.210. The van der Waals surface area contributed by atoms with Crippen LogP contribution in [0.4, 0.5) is 0 Å². The molecule has 0 saturated carbocycles. The van der Waals surface area contributed by atoms with Gasteiger partial charge in [0.2, 0.25) is 0 Å². The van der Waals surface area contributed by atoms with E-state index >= 15 is 0 Å². The van der Waals surface area contributed by atoms with Crippen LogP contribution in [0.15, 0.2) is 59.7 Å². The summed E-state index contributed by atoms with van der Waals surface area (Å²) >= 11 is 0. The number of carbonyl (C=O) groups is 3. The Morgan fingerprint density at radius 1 is 0.737 bits per heavy atom. The third kappa shape index (κ3) is 5.27. The van der Waals surface area contributed by atoms with Gasteiger partial charge in [-0.2, -0.15) is 0 Å². The minimum atomic E-state index is -0.806. The number of cyclic esters (lactones) is 2. The smallest absolute Gasteiger partial charge is 0.322 e. The van der Waals surface area contributed by atoms with Crippen molar-refractivity contribution in [2.45, 2.75) is 70.6 Å². The maximum absolute atomic E-state index is 13.4. The van der Waals surface area contributed by atoms with Crippen LogP contribution in [0.5, 0.6) is 11.5 Å². The van der Waals surface area contributed by atoms with E-state index in [9.17, 15) is 14.4 Å². The summed E-state index contributed by atoms with van der Waals surface area (Å²) in [5.41, 5.74) is 3.56. The molecular formula is C32H36O6. The van der Waals surface area contributed by atoms with Crippen molar-refractivity contribution in [3.63, 3.8) is 0 Å². The Hall–Kier alpha value is -3.41. The summed E-state index contributed by atoms with van der Waals surface area (Å²) in [6, 6.07) is 15.8. The second-order valence-corrected chi connectivity index (χ2v) is 10.6. The Balaban J connectivity index is 1.39. The zero-order valence-corrected chi connectivity index (χ0v) is 22.2. The van der Waals surface area contributed by atoms with Gasteiger partial charge in [-0.05, 0) is 67.0 Å². The maximum Gasteiger partial charge on any atom is 0.322 e. The Morgan fingerprint density at radius 2 is 1.32 bits per heavy atom. The third-order valence-electron chi connectivity index (χ3n) is 8.10. The Bertz CT molecular complexity index is 1210. The van der Waals surface area contributed by atoms with E-state index in [1.54, 1.807) is 0 Å². The van der Waals surface area contributed by atoms with Crippen molar-refractivity contribution >= 4 is 17.7 Å². The molecule has 1 fully saturated rings. The van der Waals surface area contributed by atoms with Gasteiger partial charge in [-0.3, -0.25) is 14.4 Å². The predicted molar refractivity (Wildman–Crippen MR) is 143 cm³/mol. The summed E-state index contributed by atoms with van der Waals surface area (Å²) in [5.74, 6) is -1.18. The minimum Gasteiger partial charge on any atom is -0.494 e. The van der Waals surface area contributed by atoms with Crippen molar-refractivity contribution in [3.05, 3.63) is 70.8 Å². The Morgan fingerprint density at radius 3 is 1.89 bits per heavy atom. The number of carbonyl (C=O) groups excluding carboxylic acids is 3. The van der Waals surface area contributed by atoms with E-state index in [1.807, 2.05) is 48.5 Å². The van der Waals surface area contributed by atoms with Gasteiger partial charge in [0, 0.05) is 17.9 Å². The number of unbranched alkanes of at least 4 members (excludes halogenated alkanes) is 2. The van der Waals surface area contributed by atoms with Gasteiger partial charge in [0.25, 0.3) is 0 Å². The largest absolute Gasteiger partial charge is 0.494 e. The van der Waals surface area contributed by atoms with Gasteiger partial charge in [-0.25, -0.2) is 0 Å². The Labute approximate surface area is 224 Å². The van der Waals surface area contributed by atoms with Crippen LogP contribution in [0.3, 0.4) is 0 Å². The zero-order valence-electron chi connectivity index (χ0n) is 22.2. The van der Waals surface area contributed by atoms with E-state index < -0.39 is 23.8 Å². The van der Waals surface area contributed by atoms with Gasteiger partial charge < -0.3 is 14.2 Å². The minimum absolute atomic E-state index is 0.0330. The number of esters is 2. The summed E-state index contributed by atoms with van der Waals surface area (Å²) in [6.45, 7) is 5.61. The van der Waals surface area contributed by atoms with E-state index in [4.69, 9.17) is 14.2 Å². The molecule has 6 nitrogen and oxygen atoms in total. The van der Waals surface area contributed by atoms with Gasteiger partial charge in [-0.1, -0.05) is 56.5 Å². The number of ketones is 1. The summed E-state index contributed by atoms with van der Waals surface area (Å²) < 4.78 is 16.7. The summed E-state index contributed by atoms with van der Waals surface area (Å²) in [7, 11) is 0. The van der Waals surface area contributed by atoms with Crippen LogP contribution in [0.25, 0.3) is 0 Å². The van der Waals surface area contributed by atoms with E-state index in [1.165, 1.54) is 0 Å². The number of benzene rings is 2. The molecule has 0 N–H and O–H groups in total. The zero-order chi connectivity index (χ0) is 26.6. The molecule has 5 rings (SSSR count). The van der Waals surface area contributed by atoms with Gasteiger partial charge >= 0.3 is 11.9 Å². The Kier molecular flexibility index (Phi) is 7.96. The van der Waals surface area contributed by atoms with Crippen LogP contribution in [0.2, 0.25) is 0 Å². The number of rotatable bonds is 10. The summed E-state index contributed by atoms with van der Waals surface area (Å²) in [6.07, 6.45) is 5.73. The molecule has 38 heavy (non-hydrogen) atoms. The number of Topliss-reactive ketones (excluding diaryl/α,β-unsaturated/α-hetero) is 1. The molecule has 0 radical (unpaired) electrons. The molecule has 1 heterocycles. The first kappa shape index (κ1) is 26.2. The van der Waals surface area contributed by atoms with E-state index in [-0.39, 0.29) is 17.6 Å². The van der Waals surface area contributed by atoms with E-state index in [0.29, 0.717) is 38.0 Å². The standard InChI is InChI=1S/C32H36O6/c1-3-5-15-36-24-11-7-20(8-12-24)22-17-23-18-26(21-9-13-25(14-10-21)37-16-6-4-2)29-30(28(23)27(33)19-22)32(35)38-31(29)34/h7-14,22,26,29-30H,3-6,15-19H2,1-2H3/t22-,26+,29+,30-/m0/s1. The fourth-order valence-corrected chi connectivity index (χ4v) is 6.07. The normalized spacial score (nSPS) is 24.6. The molecule has 2 aromatic carbocycles. The molecule has 4 atom stereocenters. The van der Waals surface area contributed by atoms with Crippen LogP contribution in [-0.2, 0) is 19.1 Å². The summed E-state index contributed by atoms with van der Waals surface area (Å²) in [5, 5.41) is 0. The first-order valence-electron chi connectivity index (χ1n) is 14.0. The van der Waals surface area contributed by atoms with Crippen LogP contribution in [0.1, 0.15) is 81.8 Å². The molecule has 0 spiro atoms. The average molecular weight is 517 g/mol. The third-order valence-corrected chi connectivity index (χ3v) is 8.10. The number of hydrogen-bond donors (Lipinski definition) is 0. The van der Waals surface area contributed by atoms with Crippen molar-refractivity contribution in [1.82, 2.24) is 0 Å². The molecule has 3 aliphatic rings. The molecular weight excluding hydrogens is 480 g/mol. The fraction of sp³-hybridized carbons (Fsp3) is 0.469. The predicted octanol–water partition coefficient (Wildman–Crippen LogP) is 6.29. The molecule has 6 heteroatoms. The van der Waals surface area contributed by atoms with Crippen molar-refractivity contribution in [2.24, 2.45) is 11.8 Å². The van der Waals surface area contributed by atoms with Crippen LogP contribution in [-0.4, -0.2) is 30.9 Å². The lowest BCUT2D eigenvalue weighted by atomic mass is 9.62. The van der Waals surface area contributed by atoms with Crippen LogP contribution >= 0.6 is 0 Å². The molecule has 200 valence electrons. The van der Waals surface area contributed by atoms with Crippen molar-refractivity contribution in [3.8, 4) is 11.5 Å². The molecule has 0 aromatic heterocycles. The second-order valence-electron chi connectivity index (χ2n) is 10.6. The van der Waals surface area contributed by atoms with Gasteiger partial charge in [0.15, 0.2) is 5.78 Å².